The first-order chi connectivity index (χ1) is 6.06. The highest BCUT2D eigenvalue weighted by Gasteiger charge is 1.98. The Morgan fingerprint density at radius 1 is 1.62 bits per heavy atom. The molecule has 3 N–H and O–H groups in total. The fourth-order valence-electron chi connectivity index (χ4n) is 0.855. The lowest BCUT2D eigenvalue weighted by atomic mass is 10.2. The van der Waals surface area contributed by atoms with Crippen molar-refractivity contribution in [3.8, 4) is 0 Å². The van der Waals surface area contributed by atoms with Crippen molar-refractivity contribution in [3.63, 3.8) is 0 Å². The summed E-state index contributed by atoms with van der Waals surface area (Å²) in [5.74, 6) is -0.831. The lowest BCUT2D eigenvalue weighted by molar-refractivity contribution is -0.136. The third-order valence-corrected chi connectivity index (χ3v) is 1.43. The Morgan fingerprint density at radius 2 is 2.23 bits per heavy atom. The molecule has 0 aromatic carbocycles. The van der Waals surface area contributed by atoms with Crippen LogP contribution >= 0.6 is 0 Å². The Balaban J connectivity index is 3.85. The maximum atomic E-state index is 10.2. The highest BCUT2D eigenvalue weighted by molar-refractivity contribution is 5.66. The van der Waals surface area contributed by atoms with Gasteiger partial charge in [0.05, 0.1) is 6.42 Å². The number of aliphatic carboxylic acids is 1. The number of rotatable bonds is 6. The Hall–Kier alpha value is -1.45. The minimum Gasteiger partial charge on any atom is -0.481 e. The molecule has 0 aromatic rings. The van der Waals surface area contributed by atoms with E-state index in [1.54, 1.807) is 12.3 Å². The zero-order chi connectivity index (χ0) is 10.3. The molecule has 0 aliphatic heterocycles. The summed E-state index contributed by atoms with van der Waals surface area (Å²) in [6, 6.07) is 0. The first-order valence-electron chi connectivity index (χ1n) is 4.05. The van der Waals surface area contributed by atoms with E-state index in [1.807, 2.05) is 11.9 Å². The third kappa shape index (κ3) is 6.93. The normalized spacial score (nSPS) is 11.0. The molecule has 0 rings (SSSR count). The van der Waals surface area contributed by atoms with Gasteiger partial charge in [-0.25, -0.2) is 0 Å². The first kappa shape index (κ1) is 11.6. The second kappa shape index (κ2) is 6.11. The van der Waals surface area contributed by atoms with Crippen molar-refractivity contribution in [1.29, 1.82) is 0 Å². The van der Waals surface area contributed by atoms with Gasteiger partial charge in [-0.15, -0.1) is 6.58 Å². The molecule has 0 aliphatic carbocycles. The number of allylic oxidation sites excluding steroid dienone is 1. The van der Waals surface area contributed by atoms with Gasteiger partial charge in [0.2, 0.25) is 0 Å². The van der Waals surface area contributed by atoms with Crippen molar-refractivity contribution in [1.82, 2.24) is 4.90 Å². The molecule has 0 bridgehead atoms. The van der Waals surface area contributed by atoms with Gasteiger partial charge in [0.15, 0.2) is 0 Å². The standard InChI is InChI=1S/C9H16N2O2/c1-3-6-11(2)7-8(10)4-5-9(12)13/h3,7H,1,4-6,10H2,2H3,(H,12,13)/b8-7-. The van der Waals surface area contributed by atoms with Crippen LogP contribution in [-0.2, 0) is 4.79 Å². The van der Waals surface area contributed by atoms with E-state index in [2.05, 4.69) is 6.58 Å². The van der Waals surface area contributed by atoms with Crippen molar-refractivity contribution in [2.45, 2.75) is 12.8 Å². The topological polar surface area (TPSA) is 66.6 Å². The molecule has 0 heterocycles. The van der Waals surface area contributed by atoms with Gasteiger partial charge in [-0.05, 0) is 6.42 Å². The fourth-order valence-corrected chi connectivity index (χ4v) is 0.855. The Morgan fingerprint density at radius 3 is 2.69 bits per heavy atom. The van der Waals surface area contributed by atoms with Crippen LogP contribution in [-0.4, -0.2) is 29.6 Å². The number of nitrogens with two attached hydrogens (primary N) is 1. The molecule has 4 nitrogen and oxygen atoms in total. The number of hydrogen-bond donors (Lipinski definition) is 2. The number of carboxylic acids is 1. The van der Waals surface area contributed by atoms with Gasteiger partial charge in [0, 0.05) is 25.5 Å². The number of likely N-dealkylation sites (N-methyl/N-ethyl adjacent to an activating group) is 1. The second-order valence-corrected chi connectivity index (χ2v) is 2.83. The van der Waals surface area contributed by atoms with Crippen LogP contribution in [0.15, 0.2) is 24.6 Å². The molecule has 0 radical (unpaired) electrons. The molecule has 0 saturated carbocycles. The van der Waals surface area contributed by atoms with E-state index in [0.717, 1.165) is 0 Å². The number of carboxylic acid groups (broad SMARTS) is 1. The molecule has 13 heavy (non-hydrogen) atoms. The SMILES string of the molecule is C=CCN(C)/C=C(\N)CCC(=O)O. The van der Waals surface area contributed by atoms with Crippen LogP contribution in [0.5, 0.6) is 0 Å². The van der Waals surface area contributed by atoms with Gasteiger partial charge in [-0.3, -0.25) is 4.79 Å². The molecular weight excluding hydrogens is 168 g/mol. The van der Waals surface area contributed by atoms with Crippen LogP contribution in [0, 0.1) is 0 Å². The monoisotopic (exact) mass is 184 g/mol. The average Bonchev–Trinajstić information content (AvgIpc) is 2.01. The van der Waals surface area contributed by atoms with Crippen LogP contribution in [0.1, 0.15) is 12.8 Å². The van der Waals surface area contributed by atoms with Gasteiger partial charge in [-0.1, -0.05) is 6.08 Å². The summed E-state index contributed by atoms with van der Waals surface area (Å²) >= 11 is 0. The Kier molecular flexibility index (Phi) is 5.43. The second-order valence-electron chi connectivity index (χ2n) is 2.83. The quantitative estimate of drug-likeness (QED) is 0.598. The van der Waals surface area contributed by atoms with Gasteiger partial charge in [0.1, 0.15) is 0 Å². The minimum absolute atomic E-state index is 0.0737. The predicted molar refractivity (Wildman–Crippen MR) is 52.0 cm³/mol. The molecule has 0 fully saturated rings. The van der Waals surface area contributed by atoms with Crippen LogP contribution < -0.4 is 5.73 Å². The molecule has 0 amide bonds. The summed E-state index contributed by atoms with van der Waals surface area (Å²) in [5.41, 5.74) is 6.15. The molecule has 0 unspecified atom stereocenters. The summed E-state index contributed by atoms with van der Waals surface area (Å²) in [6.45, 7) is 4.28. The van der Waals surface area contributed by atoms with Gasteiger partial charge in [-0.2, -0.15) is 0 Å². The number of nitrogens with zero attached hydrogens (tertiary/aromatic N) is 1. The highest BCUT2D eigenvalue weighted by Crippen LogP contribution is 1.99. The summed E-state index contributed by atoms with van der Waals surface area (Å²) in [4.78, 5) is 12.1. The van der Waals surface area contributed by atoms with E-state index < -0.39 is 5.97 Å². The highest BCUT2D eigenvalue weighted by atomic mass is 16.4. The van der Waals surface area contributed by atoms with E-state index in [1.165, 1.54) is 0 Å². The van der Waals surface area contributed by atoms with Crippen molar-refractivity contribution in [2.24, 2.45) is 5.73 Å². The molecule has 0 saturated heterocycles. The van der Waals surface area contributed by atoms with E-state index in [-0.39, 0.29) is 6.42 Å². The molecule has 0 spiro atoms. The molecule has 0 atom stereocenters. The maximum Gasteiger partial charge on any atom is 0.303 e. The van der Waals surface area contributed by atoms with E-state index in [0.29, 0.717) is 18.7 Å². The van der Waals surface area contributed by atoms with Gasteiger partial charge >= 0.3 is 5.97 Å². The maximum absolute atomic E-state index is 10.2. The molecule has 0 aromatic heterocycles. The van der Waals surface area contributed by atoms with Crippen LogP contribution in [0.25, 0.3) is 0 Å². The zero-order valence-electron chi connectivity index (χ0n) is 7.86. The summed E-state index contributed by atoms with van der Waals surface area (Å²) < 4.78 is 0. The largest absolute Gasteiger partial charge is 0.481 e. The van der Waals surface area contributed by atoms with Crippen molar-refractivity contribution in [2.75, 3.05) is 13.6 Å². The van der Waals surface area contributed by atoms with Crippen LogP contribution in [0.2, 0.25) is 0 Å². The Bertz CT molecular complexity index is 212. The third-order valence-electron chi connectivity index (χ3n) is 1.43. The Labute approximate surface area is 78.3 Å². The van der Waals surface area contributed by atoms with Crippen LogP contribution in [0.4, 0.5) is 0 Å². The van der Waals surface area contributed by atoms with Crippen LogP contribution in [0.3, 0.4) is 0 Å². The molecule has 74 valence electrons. The lowest BCUT2D eigenvalue weighted by Crippen LogP contribution is -2.14. The zero-order valence-corrected chi connectivity index (χ0v) is 7.86. The van der Waals surface area contributed by atoms with Gasteiger partial charge < -0.3 is 15.7 Å². The number of carbonyl (C=O) groups is 1. The summed E-state index contributed by atoms with van der Waals surface area (Å²) in [6.07, 6.45) is 3.94. The van der Waals surface area contributed by atoms with Crippen molar-refractivity contribution < 1.29 is 9.90 Å². The molecule has 0 aliphatic rings. The minimum atomic E-state index is -0.831. The lowest BCUT2D eigenvalue weighted by Gasteiger charge is -2.11. The van der Waals surface area contributed by atoms with E-state index in [9.17, 15) is 4.79 Å². The summed E-state index contributed by atoms with van der Waals surface area (Å²) in [7, 11) is 1.86. The molecule has 4 heteroatoms. The summed E-state index contributed by atoms with van der Waals surface area (Å²) in [5, 5.41) is 8.39. The number of hydrogen-bond acceptors (Lipinski definition) is 3. The average molecular weight is 184 g/mol. The smallest absolute Gasteiger partial charge is 0.303 e. The van der Waals surface area contributed by atoms with E-state index in [4.69, 9.17) is 10.8 Å². The molecular formula is C9H16N2O2. The van der Waals surface area contributed by atoms with E-state index >= 15 is 0 Å². The van der Waals surface area contributed by atoms with Gasteiger partial charge in [0.25, 0.3) is 0 Å². The van der Waals surface area contributed by atoms with Crippen molar-refractivity contribution >= 4 is 5.97 Å². The predicted octanol–water partition coefficient (Wildman–Crippen LogP) is 0.769. The fraction of sp³-hybridized carbons (Fsp3) is 0.444. The first-order valence-corrected chi connectivity index (χ1v) is 4.05. The van der Waals surface area contributed by atoms with Crippen molar-refractivity contribution in [3.05, 3.63) is 24.6 Å².